The second-order valence-corrected chi connectivity index (χ2v) is 8.05. The highest BCUT2D eigenvalue weighted by Crippen LogP contribution is 2.39. The predicted molar refractivity (Wildman–Crippen MR) is 113 cm³/mol. The maximum Gasteiger partial charge on any atom is 0.224 e. The van der Waals surface area contributed by atoms with E-state index in [2.05, 4.69) is 15.3 Å². The number of amides is 1. The van der Waals surface area contributed by atoms with Gasteiger partial charge in [0.15, 0.2) is 0 Å². The molecule has 1 saturated carbocycles. The number of pyridine rings is 2. The van der Waals surface area contributed by atoms with Crippen molar-refractivity contribution < 1.29 is 9.18 Å². The first-order chi connectivity index (χ1) is 14.0. The fraction of sp³-hybridized carbons (Fsp3) is 0.318. The van der Waals surface area contributed by atoms with Crippen molar-refractivity contribution in [2.75, 3.05) is 11.1 Å². The normalized spacial score (nSPS) is 19.2. The highest BCUT2D eigenvalue weighted by Gasteiger charge is 2.25. The number of nitrogens with two attached hydrogens (primary N) is 1. The van der Waals surface area contributed by atoms with Crippen molar-refractivity contribution in [2.45, 2.75) is 38.0 Å². The van der Waals surface area contributed by atoms with Gasteiger partial charge in [0.25, 0.3) is 0 Å². The zero-order valence-electron chi connectivity index (χ0n) is 15.9. The van der Waals surface area contributed by atoms with Crippen molar-refractivity contribution >= 4 is 39.9 Å². The molecule has 1 fully saturated rings. The molecular weight excluding hydrogens is 391 g/mol. The molecule has 4 rings (SSSR count). The summed E-state index contributed by atoms with van der Waals surface area (Å²) in [6.45, 7) is 0. The minimum atomic E-state index is -0.244. The number of fused-ring (bicyclic) bond motifs is 1. The molecule has 1 aliphatic rings. The molecule has 29 heavy (non-hydrogen) atoms. The molecule has 150 valence electrons. The first kappa shape index (κ1) is 19.6. The number of nitrogens with one attached hydrogen (secondary N) is 1. The zero-order valence-corrected chi connectivity index (χ0v) is 16.6. The van der Waals surface area contributed by atoms with Crippen molar-refractivity contribution in [3.63, 3.8) is 0 Å². The van der Waals surface area contributed by atoms with Gasteiger partial charge in [0.1, 0.15) is 11.6 Å². The second kappa shape index (κ2) is 8.33. The van der Waals surface area contributed by atoms with Crippen LogP contribution < -0.4 is 11.1 Å². The van der Waals surface area contributed by atoms with Crippen molar-refractivity contribution in [3.8, 4) is 0 Å². The van der Waals surface area contributed by atoms with E-state index in [1.807, 2.05) is 6.07 Å². The third-order valence-electron chi connectivity index (χ3n) is 5.66. The fourth-order valence-electron chi connectivity index (χ4n) is 4.19. The van der Waals surface area contributed by atoms with Gasteiger partial charge in [-0.05, 0) is 73.4 Å². The number of hydrogen-bond donors (Lipinski definition) is 2. The Morgan fingerprint density at radius 3 is 2.76 bits per heavy atom. The lowest BCUT2D eigenvalue weighted by atomic mass is 9.77. The molecular formula is C22H22ClFN4O. The summed E-state index contributed by atoms with van der Waals surface area (Å²) < 4.78 is 13.7. The first-order valence-corrected chi connectivity index (χ1v) is 10.1. The molecule has 3 aromatic rings. The number of nitrogens with zero attached hydrogens (tertiary/aromatic N) is 2. The van der Waals surface area contributed by atoms with Gasteiger partial charge in [-0.3, -0.25) is 9.78 Å². The molecule has 2 heterocycles. The lowest BCUT2D eigenvalue weighted by molar-refractivity contribution is -0.117. The van der Waals surface area contributed by atoms with Crippen LogP contribution in [0.25, 0.3) is 10.9 Å². The third-order valence-corrected chi connectivity index (χ3v) is 5.86. The SMILES string of the molecule is Nc1ncc(Cl)cc1NC(=O)CC1CCC(c2ccnc3ccc(F)cc23)CC1. The molecule has 0 bridgehead atoms. The number of hydrogen-bond acceptors (Lipinski definition) is 4. The molecule has 0 unspecified atom stereocenters. The van der Waals surface area contributed by atoms with Crippen LogP contribution in [0.15, 0.2) is 42.7 Å². The standard InChI is InChI=1S/C22H22ClFN4O/c23-15-10-20(22(25)27-12-15)28-21(29)9-13-1-3-14(4-2-13)17-7-8-26-19-6-5-16(24)11-18(17)19/h5-8,10-14H,1-4,9H2,(H2,25,27)(H,28,29). The van der Waals surface area contributed by atoms with E-state index < -0.39 is 0 Å². The van der Waals surface area contributed by atoms with E-state index in [9.17, 15) is 9.18 Å². The second-order valence-electron chi connectivity index (χ2n) is 7.62. The van der Waals surface area contributed by atoms with Gasteiger partial charge < -0.3 is 11.1 Å². The highest BCUT2D eigenvalue weighted by atomic mass is 35.5. The molecule has 0 aliphatic heterocycles. The highest BCUT2D eigenvalue weighted by molar-refractivity contribution is 6.30. The lowest BCUT2D eigenvalue weighted by Gasteiger charge is -2.29. The quantitative estimate of drug-likeness (QED) is 0.608. The maximum absolute atomic E-state index is 13.7. The molecule has 3 N–H and O–H groups in total. The molecule has 0 spiro atoms. The number of aromatic nitrogens is 2. The molecule has 5 nitrogen and oxygen atoms in total. The van der Waals surface area contributed by atoms with E-state index in [0.717, 1.165) is 42.1 Å². The Bertz CT molecular complexity index is 1050. The van der Waals surface area contributed by atoms with E-state index in [4.69, 9.17) is 17.3 Å². The average molecular weight is 413 g/mol. The number of nitrogen functional groups attached to an aromatic ring is 1. The molecule has 7 heteroatoms. The number of halogens is 2. The van der Waals surface area contributed by atoms with Crippen LogP contribution in [0, 0.1) is 11.7 Å². The minimum Gasteiger partial charge on any atom is -0.382 e. The molecule has 2 aromatic heterocycles. The Morgan fingerprint density at radius 1 is 1.17 bits per heavy atom. The summed E-state index contributed by atoms with van der Waals surface area (Å²) in [6, 6.07) is 8.33. The van der Waals surface area contributed by atoms with Gasteiger partial charge in [0.05, 0.1) is 16.2 Å². The molecule has 1 aliphatic carbocycles. The van der Waals surface area contributed by atoms with Gasteiger partial charge >= 0.3 is 0 Å². The lowest BCUT2D eigenvalue weighted by Crippen LogP contribution is -2.21. The van der Waals surface area contributed by atoms with Crippen LogP contribution in [0.5, 0.6) is 0 Å². The van der Waals surface area contributed by atoms with Crippen LogP contribution in [0.3, 0.4) is 0 Å². The van der Waals surface area contributed by atoms with Crippen molar-refractivity contribution in [3.05, 3.63) is 59.1 Å². The van der Waals surface area contributed by atoms with E-state index in [1.54, 1.807) is 24.4 Å². The first-order valence-electron chi connectivity index (χ1n) is 9.74. The number of rotatable bonds is 4. The number of carbonyl (C=O) groups excluding carboxylic acids is 1. The average Bonchev–Trinajstić information content (AvgIpc) is 2.71. The summed E-state index contributed by atoms with van der Waals surface area (Å²) in [7, 11) is 0. The number of carbonyl (C=O) groups is 1. The van der Waals surface area contributed by atoms with Crippen molar-refractivity contribution in [1.82, 2.24) is 9.97 Å². The van der Waals surface area contributed by atoms with Gasteiger partial charge in [-0.1, -0.05) is 11.6 Å². The summed E-state index contributed by atoms with van der Waals surface area (Å²) in [5, 5.41) is 4.12. The summed E-state index contributed by atoms with van der Waals surface area (Å²) in [5.41, 5.74) is 8.21. The summed E-state index contributed by atoms with van der Waals surface area (Å²) >= 11 is 5.92. The maximum atomic E-state index is 13.7. The minimum absolute atomic E-state index is 0.0827. The van der Waals surface area contributed by atoms with Gasteiger partial charge in [-0.15, -0.1) is 0 Å². The van der Waals surface area contributed by atoms with Crippen molar-refractivity contribution in [1.29, 1.82) is 0 Å². The Morgan fingerprint density at radius 2 is 1.97 bits per heavy atom. The summed E-state index contributed by atoms with van der Waals surface area (Å²) in [6.07, 6.45) is 7.50. The molecule has 0 saturated heterocycles. The van der Waals surface area contributed by atoms with E-state index in [1.165, 1.54) is 12.3 Å². The van der Waals surface area contributed by atoms with Crippen LogP contribution in [-0.2, 0) is 4.79 Å². The Kier molecular flexibility index (Phi) is 5.62. The summed E-state index contributed by atoms with van der Waals surface area (Å²) in [5.74, 6) is 0.592. The molecule has 0 atom stereocenters. The van der Waals surface area contributed by atoms with E-state index >= 15 is 0 Å². The number of benzene rings is 1. The Hall–Kier alpha value is -2.73. The van der Waals surface area contributed by atoms with E-state index in [-0.39, 0.29) is 17.5 Å². The molecule has 1 amide bonds. The van der Waals surface area contributed by atoms with Crippen molar-refractivity contribution in [2.24, 2.45) is 5.92 Å². The van der Waals surface area contributed by atoms with Crippen LogP contribution in [0.2, 0.25) is 5.02 Å². The monoisotopic (exact) mass is 412 g/mol. The molecule has 0 radical (unpaired) electrons. The third kappa shape index (κ3) is 4.48. The number of anilines is 2. The van der Waals surface area contributed by atoms with Crippen LogP contribution in [0.1, 0.15) is 43.6 Å². The zero-order chi connectivity index (χ0) is 20.4. The predicted octanol–water partition coefficient (Wildman–Crippen LogP) is 5.31. The van der Waals surface area contributed by atoms with Gasteiger partial charge in [0.2, 0.25) is 5.91 Å². The van der Waals surface area contributed by atoms with Gasteiger partial charge in [-0.2, -0.15) is 0 Å². The smallest absolute Gasteiger partial charge is 0.224 e. The van der Waals surface area contributed by atoms with Crippen LogP contribution in [-0.4, -0.2) is 15.9 Å². The van der Waals surface area contributed by atoms with Crippen LogP contribution in [0.4, 0.5) is 15.9 Å². The van der Waals surface area contributed by atoms with Crippen LogP contribution >= 0.6 is 11.6 Å². The summed E-state index contributed by atoms with van der Waals surface area (Å²) in [4.78, 5) is 20.7. The van der Waals surface area contributed by atoms with E-state index in [0.29, 0.717) is 29.0 Å². The van der Waals surface area contributed by atoms with Gasteiger partial charge in [-0.25, -0.2) is 9.37 Å². The molecule has 1 aromatic carbocycles. The fourth-order valence-corrected chi connectivity index (χ4v) is 4.34. The Balaban J connectivity index is 1.38. The van der Waals surface area contributed by atoms with Gasteiger partial charge in [0, 0.05) is 24.2 Å². The Labute approximate surface area is 173 Å². The topological polar surface area (TPSA) is 80.9 Å². The largest absolute Gasteiger partial charge is 0.382 e.